The fourth-order valence-electron chi connectivity index (χ4n) is 1.45. The normalized spacial score (nSPS) is 14.6. The predicted octanol–water partition coefficient (Wildman–Crippen LogP) is 0.0911. The standard InChI is InChI=1S/C11H24N2O3/c1-9(7-12)11(14)13(5-6-15-3)10(2)8-16-4/h9-10H,5-8,12H2,1-4H3. The van der Waals surface area contributed by atoms with Gasteiger partial charge in [0, 0.05) is 33.2 Å². The Labute approximate surface area is 97.9 Å². The number of ether oxygens (including phenoxy) is 2. The van der Waals surface area contributed by atoms with E-state index < -0.39 is 0 Å². The summed E-state index contributed by atoms with van der Waals surface area (Å²) < 4.78 is 10.1. The van der Waals surface area contributed by atoms with Crippen molar-refractivity contribution < 1.29 is 14.3 Å². The number of carbonyl (C=O) groups is 1. The summed E-state index contributed by atoms with van der Waals surface area (Å²) in [6, 6.07) is 0.0432. The van der Waals surface area contributed by atoms with Gasteiger partial charge in [-0.3, -0.25) is 4.79 Å². The molecule has 0 aliphatic rings. The van der Waals surface area contributed by atoms with Crippen molar-refractivity contribution in [3.8, 4) is 0 Å². The minimum Gasteiger partial charge on any atom is -0.383 e. The zero-order valence-corrected chi connectivity index (χ0v) is 10.7. The third-order valence-electron chi connectivity index (χ3n) is 2.53. The zero-order chi connectivity index (χ0) is 12.6. The predicted molar refractivity (Wildman–Crippen MR) is 63.1 cm³/mol. The van der Waals surface area contributed by atoms with Crippen LogP contribution in [0.5, 0.6) is 0 Å². The van der Waals surface area contributed by atoms with Gasteiger partial charge in [0.15, 0.2) is 0 Å². The SMILES string of the molecule is COCCN(C(=O)C(C)CN)C(C)COC. The Morgan fingerprint density at radius 2 is 1.94 bits per heavy atom. The molecule has 0 rings (SSSR count). The van der Waals surface area contributed by atoms with Crippen molar-refractivity contribution in [2.75, 3.05) is 40.5 Å². The van der Waals surface area contributed by atoms with E-state index >= 15 is 0 Å². The fraction of sp³-hybridized carbons (Fsp3) is 0.909. The van der Waals surface area contributed by atoms with E-state index in [0.717, 1.165) is 0 Å². The number of hydrogen-bond donors (Lipinski definition) is 1. The quantitative estimate of drug-likeness (QED) is 0.644. The Morgan fingerprint density at radius 3 is 2.38 bits per heavy atom. The second-order valence-corrected chi connectivity index (χ2v) is 3.97. The zero-order valence-electron chi connectivity index (χ0n) is 10.7. The highest BCUT2D eigenvalue weighted by Crippen LogP contribution is 2.06. The molecule has 0 heterocycles. The van der Waals surface area contributed by atoms with E-state index in [4.69, 9.17) is 15.2 Å². The molecule has 5 nitrogen and oxygen atoms in total. The van der Waals surface area contributed by atoms with Crippen LogP contribution in [-0.4, -0.2) is 57.4 Å². The van der Waals surface area contributed by atoms with Crippen LogP contribution in [0, 0.1) is 5.92 Å². The molecule has 16 heavy (non-hydrogen) atoms. The maximum Gasteiger partial charge on any atom is 0.227 e. The lowest BCUT2D eigenvalue weighted by Crippen LogP contribution is -2.46. The number of nitrogens with zero attached hydrogens (tertiary/aromatic N) is 1. The van der Waals surface area contributed by atoms with Crippen molar-refractivity contribution in [1.82, 2.24) is 4.90 Å². The Morgan fingerprint density at radius 1 is 1.31 bits per heavy atom. The largest absolute Gasteiger partial charge is 0.383 e. The summed E-state index contributed by atoms with van der Waals surface area (Å²) in [6.45, 7) is 5.78. The number of carbonyl (C=O) groups excluding carboxylic acids is 1. The molecule has 0 aliphatic heterocycles. The van der Waals surface area contributed by atoms with Crippen molar-refractivity contribution in [1.29, 1.82) is 0 Å². The lowest BCUT2D eigenvalue weighted by Gasteiger charge is -2.30. The molecule has 0 saturated heterocycles. The van der Waals surface area contributed by atoms with Crippen molar-refractivity contribution in [2.24, 2.45) is 11.7 Å². The highest BCUT2D eigenvalue weighted by atomic mass is 16.5. The number of rotatable bonds is 8. The molecule has 0 bridgehead atoms. The lowest BCUT2D eigenvalue weighted by atomic mass is 10.1. The minimum atomic E-state index is -0.156. The van der Waals surface area contributed by atoms with E-state index in [1.54, 1.807) is 19.1 Å². The van der Waals surface area contributed by atoms with Crippen molar-refractivity contribution in [3.63, 3.8) is 0 Å². The molecule has 0 fully saturated rings. The van der Waals surface area contributed by atoms with Gasteiger partial charge in [0.05, 0.1) is 19.3 Å². The van der Waals surface area contributed by atoms with Gasteiger partial charge in [-0.25, -0.2) is 0 Å². The van der Waals surface area contributed by atoms with Crippen LogP contribution in [0.25, 0.3) is 0 Å². The monoisotopic (exact) mass is 232 g/mol. The topological polar surface area (TPSA) is 64.8 Å². The Balaban J connectivity index is 4.45. The molecule has 0 aromatic carbocycles. The summed E-state index contributed by atoms with van der Waals surface area (Å²) in [5.41, 5.74) is 5.50. The van der Waals surface area contributed by atoms with E-state index in [1.807, 2.05) is 13.8 Å². The van der Waals surface area contributed by atoms with Gasteiger partial charge in [-0.05, 0) is 6.92 Å². The van der Waals surface area contributed by atoms with Crippen LogP contribution in [0.4, 0.5) is 0 Å². The van der Waals surface area contributed by atoms with Crippen LogP contribution in [0.15, 0.2) is 0 Å². The maximum atomic E-state index is 12.0. The highest BCUT2D eigenvalue weighted by Gasteiger charge is 2.23. The van der Waals surface area contributed by atoms with Crippen LogP contribution in [0.2, 0.25) is 0 Å². The number of hydrogen-bond acceptors (Lipinski definition) is 4. The fourth-order valence-corrected chi connectivity index (χ4v) is 1.45. The summed E-state index contributed by atoms with van der Waals surface area (Å²) in [7, 11) is 3.25. The van der Waals surface area contributed by atoms with Crippen molar-refractivity contribution in [2.45, 2.75) is 19.9 Å². The summed E-state index contributed by atoms with van der Waals surface area (Å²) in [5, 5.41) is 0. The van der Waals surface area contributed by atoms with Gasteiger partial charge in [0.1, 0.15) is 0 Å². The molecular weight excluding hydrogens is 208 g/mol. The lowest BCUT2D eigenvalue weighted by molar-refractivity contribution is -0.138. The molecule has 5 heteroatoms. The molecule has 0 saturated carbocycles. The first-order chi connectivity index (χ1) is 7.58. The molecule has 2 unspecified atom stereocenters. The second-order valence-electron chi connectivity index (χ2n) is 3.97. The first-order valence-electron chi connectivity index (χ1n) is 5.56. The van der Waals surface area contributed by atoms with Gasteiger partial charge >= 0.3 is 0 Å². The average Bonchev–Trinajstić information content (AvgIpc) is 2.28. The molecule has 1 amide bonds. The Hall–Kier alpha value is -0.650. The van der Waals surface area contributed by atoms with Crippen molar-refractivity contribution in [3.05, 3.63) is 0 Å². The smallest absolute Gasteiger partial charge is 0.227 e. The van der Waals surface area contributed by atoms with Crippen LogP contribution in [0.1, 0.15) is 13.8 Å². The van der Waals surface area contributed by atoms with Crippen LogP contribution < -0.4 is 5.73 Å². The molecule has 2 N–H and O–H groups in total. The summed E-state index contributed by atoms with van der Waals surface area (Å²) in [6.07, 6.45) is 0. The molecule has 96 valence electrons. The van der Waals surface area contributed by atoms with Gasteiger partial charge in [-0.2, -0.15) is 0 Å². The first-order valence-corrected chi connectivity index (χ1v) is 5.56. The van der Waals surface area contributed by atoms with Gasteiger partial charge < -0.3 is 20.1 Å². The first kappa shape index (κ1) is 15.3. The van der Waals surface area contributed by atoms with E-state index in [9.17, 15) is 4.79 Å². The highest BCUT2D eigenvalue weighted by molar-refractivity contribution is 5.79. The third kappa shape index (κ3) is 4.92. The minimum absolute atomic E-state index is 0.0432. The summed E-state index contributed by atoms with van der Waals surface area (Å²) in [5.74, 6) is -0.0970. The Bertz CT molecular complexity index is 200. The van der Waals surface area contributed by atoms with Gasteiger partial charge in [0.2, 0.25) is 5.91 Å². The molecule has 0 aromatic heterocycles. The molecule has 0 aromatic rings. The maximum absolute atomic E-state index is 12.0. The molecular formula is C11H24N2O3. The van der Waals surface area contributed by atoms with Crippen LogP contribution in [-0.2, 0) is 14.3 Å². The summed E-state index contributed by atoms with van der Waals surface area (Å²) >= 11 is 0. The molecule has 0 radical (unpaired) electrons. The van der Waals surface area contributed by atoms with Crippen LogP contribution in [0.3, 0.4) is 0 Å². The van der Waals surface area contributed by atoms with E-state index in [1.165, 1.54) is 0 Å². The van der Waals surface area contributed by atoms with Crippen molar-refractivity contribution >= 4 is 5.91 Å². The molecule has 0 aliphatic carbocycles. The third-order valence-corrected chi connectivity index (χ3v) is 2.53. The average molecular weight is 232 g/mol. The van der Waals surface area contributed by atoms with E-state index in [-0.39, 0.29) is 17.9 Å². The Kier molecular flexibility index (Phi) is 8.15. The molecule has 2 atom stereocenters. The van der Waals surface area contributed by atoms with Gasteiger partial charge in [-0.1, -0.05) is 6.92 Å². The van der Waals surface area contributed by atoms with Crippen LogP contribution >= 0.6 is 0 Å². The number of methoxy groups -OCH3 is 2. The van der Waals surface area contributed by atoms with E-state index in [0.29, 0.717) is 26.3 Å². The molecule has 0 spiro atoms. The number of amides is 1. The second kappa shape index (κ2) is 8.50. The number of nitrogens with two attached hydrogens (primary N) is 1. The van der Waals surface area contributed by atoms with E-state index in [2.05, 4.69) is 0 Å². The van der Waals surface area contributed by atoms with Gasteiger partial charge in [-0.15, -0.1) is 0 Å². The summed E-state index contributed by atoms with van der Waals surface area (Å²) in [4.78, 5) is 13.8. The van der Waals surface area contributed by atoms with Gasteiger partial charge in [0.25, 0.3) is 0 Å².